The maximum atomic E-state index is 11.7. The van der Waals surface area contributed by atoms with Crippen LogP contribution in [0.3, 0.4) is 0 Å². The third-order valence-corrected chi connectivity index (χ3v) is 4.17. The number of thiophene rings is 1. The number of hydrogen-bond acceptors (Lipinski definition) is 3. The highest BCUT2D eigenvalue weighted by atomic mass is 32.1. The van der Waals surface area contributed by atoms with Gasteiger partial charge in [-0.05, 0) is 37.1 Å². The van der Waals surface area contributed by atoms with E-state index in [4.69, 9.17) is 5.11 Å². The lowest BCUT2D eigenvalue weighted by molar-refractivity contribution is 0.0698. The first-order valence-corrected chi connectivity index (χ1v) is 6.84. The molecule has 0 bridgehead atoms. The van der Waals surface area contributed by atoms with Gasteiger partial charge in [-0.2, -0.15) is 0 Å². The molecule has 1 aromatic rings. The lowest BCUT2D eigenvalue weighted by Gasteiger charge is -2.31. The molecule has 1 saturated carbocycles. The molecule has 18 heavy (non-hydrogen) atoms. The second kappa shape index (κ2) is 5.39. The van der Waals surface area contributed by atoms with Gasteiger partial charge in [0, 0.05) is 6.04 Å². The van der Waals surface area contributed by atoms with Crippen LogP contribution in [-0.4, -0.2) is 23.1 Å². The molecule has 6 heteroatoms. The van der Waals surface area contributed by atoms with Gasteiger partial charge in [0.25, 0.3) is 0 Å². The van der Waals surface area contributed by atoms with Crippen LogP contribution in [-0.2, 0) is 0 Å². The predicted molar refractivity (Wildman–Crippen MR) is 70.2 cm³/mol. The summed E-state index contributed by atoms with van der Waals surface area (Å²) >= 11 is 1.21. The number of amides is 2. The Morgan fingerprint density at radius 2 is 2.22 bits per heavy atom. The quantitative estimate of drug-likeness (QED) is 0.785. The lowest BCUT2D eigenvalue weighted by atomic mass is 9.80. The van der Waals surface area contributed by atoms with Gasteiger partial charge in [0.05, 0.1) is 5.56 Å². The van der Waals surface area contributed by atoms with E-state index in [9.17, 15) is 9.59 Å². The summed E-state index contributed by atoms with van der Waals surface area (Å²) in [4.78, 5) is 22.6. The van der Waals surface area contributed by atoms with Crippen LogP contribution in [0.5, 0.6) is 0 Å². The molecule has 0 aliphatic heterocycles. The minimum absolute atomic E-state index is 0.131. The van der Waals surface area contributed by atoms with E-state index in [0.717, 1.165) is 12.8 Å². The Morgan fingerprint density at radius 1 is 1.50 bits per heavy atom. The van der Waals surface area contributed by atoms with Crippen LogP contribution < -0.4 is 10.6 Å². The Hall–Kier alpha value is -1.56. The SMILES string of the molecule is CC(NC(=O)Nc1sccc1C(=O)O)C1CCC1. The molecule has 98 valence electrons. The van der Waals surface area contributed by atoms with Gasteiger partial charge in [-0.1, -0.05) is 6.42 Å². The first-order chi connectivity index (χ1) is 8.58. The van der Waals surface area contributed by atoms with Gasteiger partial charge < -0.3 is 10.4 Å². The fourth-order valence-corrected chi connectivity index (χ4v) is 2.75. The Labute approximate surface area is 109 Å². The molecule has 1 aromatic heterocycles. The van der Waals surface area contributed by atoms with Crippen LogP contribution in [0.4, 0.5) is 9.80 Å². The summed E-state index contributed by atoms with van der Waals surface area (Å²) in [6, 6.07) is 1.28. The number of carbonyl (C=O) groups excluding carboxylic acids is 1. The van der Waals surface area contributed by atoms with Crippen molar-refractivity contribution in [1.29, 1.82) is 0 Å². The highest BCUT2D eigenvalue weighted by Crippen LogP contribution is 2.29. The van der Waals surface area contributed by atoms with Gasteiger partial charge in [0.15, 0.2) is 0 Å². The van der Waals surface area contributed by atoms with E-state index in [1.54, 1.807) is 5.38 Å². The van der Waals surface area contributed by atoms with Crippen molar-refractivity contribution in [3.63, 3.8) is 0 Å². The van der Waals surface area contributed by atoms with Crippen molar-refractivity contribution >= 4 is 28.3 Å². The molecule has 1 atom stereocenters. The normalized spacial score (nSPS) is 16.7. The number of anilines is 1. The van der Waals surface area contributed by atoms with E-state index in [1.807, 2.05) is 6.92 Å². The number of urea groups is 1. The van der Waals surface area contributed by atoms with Crippen LogP contribution in [0.2, 0.25) is 0 Å². The topological polar surface area (TPSA) is 78.4 Å². The minimum Gasteiger partial charge on any atom is -0.478 e. The third-order valence-electron chi connectivity index (χ3n) is 3.34. The van der Waals surface area contributed by atoms with Crippen LogP contribution in [0.25, 0.3) is 0 Å². The Kier molecular flexibility index (Phi) is 3.86. The Morgan fingerprint density at radius 3 is 2.78 bits per heavy atom. The standard InChI is InChI=1S/C12H16N2O3S/c1-7(8-3-2-4-8)13-12(17)14-10-9(11(15)16)5-6-18-10/h5-8H,2-4H2,1H3,(H,15,16)(H2,13,14,17). The molecule has 3 N–H and O–H groups in total. The van der Waals surface area contributed by atoms with Crippen molar-refractivity contribution < 1.29 is 14.7 Å². The molecule has 1 aliphatic carbocycles. The molecule has 0 aromatic carbocycles. The number of hydrogen-bond donors (Lipinski definition) is 3. The van der Waals surface area contributed by atoms with Crippen LogP contribution >= 0.6 is 11.3 Å². The van der Waals surface area contributed by atoms with Crippen molar-refractivity contribution in [2.24, 2.45) is 5.92 Å². The summed E-state index contributed by atoms with van der Waals surface area (Å²) < 4.78 is 0. The molecule has 2 rings (SSSR count). The highest BCUT2D eigenvalue weighted by molar-refractivity contribution is 7.14. The number of rotatable bonds is 4. The highest BCUT2D eigenvalue weighted by Gasteiger charge is 2.25. The van der Waals surface area contributed by atoms with Crippen molar-refractivity contribution in [1.82, 2.24) is 5.32 Å². The minimum atomic E-state index is -1.03. The van der Waals surface area contributed by atoms with Crippen molar-refractivity contribution in [3.8, 4) is 0 Å². The van der Waals surface area contributed by atoms with Crippen molar-refractivity contribution in [3.05, 3.63) is 17.0 Å². The molecule has 1 fully saturated rings. The first kappa shape index (κ1) is 12.9. The van der Waals surface area contributed by atoms with Crippen LogP contribution in [0.15, 0.2) is 11.4 Å². The fourth-order valence-electron chi connectivity index (χ4n) is 1.98. The lowest BCUT2D eigenvalue weighted by Crippen LogP contribution is -2.42. The summed E-state index contributed by atoms with van der Waals surface area (Å²) in [7, 11) is 0. The molecule has 1 heterocycles. The summed E-state index contributed by atoms with van der Waals surface area (Å²) in [5.74, 6) is -0.475. The zero-order chi connectivity index (χ0) is 13.1. The number of carbonyl (C=O) groups is 2. The maximum Gasteiger partial charge on any atom is 0.338 e. The predicted octanol–water partition coefficient (Wildman–Crippen LogP) is 2.76. The smallest absolute Gasteiger partial charge is 0.338 e. The second-order valence-corrected chi connectivity index (χ2v) is 5.46. The van der Waals surface area contributed by atoms with Gasteiger partial charge in [-0.25, -0.2) is 9.59 Å². The van der Waals surface area contributed by atoms with Gasteiger partial charge in [0.1, 0.15) is 5.00 Å². The zero-order valence-corrected chi connectivity index (χ0v) is 10.9. The maximum absolute atomic E-state index is 11.7. The molecular formula is C12H16N2O3S. The average Bonchev–Trinajstić information content (AvgIpc) is 2.62. The van der Waals surface area contributed by atoms with Gasteiger partial charge in [-0.3, -0.25) is 5.32 Å². The molecular weight excluding hydrogens is 252 g/mol. The van der Waals surface area contributed by atoms with E-state index in [1.165, 1.54) is 23.8 Å². The van der Waals surface area contributed by atoms with Crippen LogP contribution in [0, 0.1) is 5.92 Å². The monoisotopic (exact) mass is 268 g/mol. The van der Waals surface area contributed by atoms with E-state index in [-0.39, 0.29) is 17.6 Å². The fraction of sp³-hybridized carbons (Fsp3) is 0.500. The largest absolute Gasteiger partial charge is 0.478 e. The van der Waals surface area contributed by atoms with E-state index >= 15 is 0 Å². The Balaban J connectivity index is 1.90. The van der Waals surface area contributed by atoms with Crippen molar-refractivity contribution in [2.45, 2.75) is 32.2 Å². The third kappa shape index (κ3) is 2.81. The summed E-state index contributed by atoms with van der Waals surface area (Å²) in [5, 5.41) is 16.4. The molecule has 0 radical (unpaired) electrons. The van der Waals surface area contributed by atoms with Crippen LogP contribution in [0.1, 0.15) is 36.5 Å². The summed E-state index contributed by atoms with van der Waals surface area (Å²) in [6.45, 7) is 1.98. The van der Waals surface area contributed by atoms with Crippen molar-refractivity contribution in [2.75, 3.05) is 5.32 Å². The van der Waals surface area contributed by atoms with E-state index in [2.05, 4.69) is 10.6 Å². The second-order valence-electron chi connectivity index (χ2n) is 4.55. The van der Waals surface area contributed by atoms with Gasteiger partial charge in [-0.15, -0.1) is 11.3 Å². The summed E-state index contributed by atoms with van der Waals surface area (Å²) in [6.07, 6.45) is 3.54. The zero-order valence-electron chi connectivity index (χ0n) is 10.1. The first-order valence-electron chi connectivity index (χ1n) is 5.96. The number of carboxylic acids is 1. The molecule has 1 unspecified atom stereocenters. The number of nitrogens with one attached hydrogen (secondary N) is 2. The average molecular weight is 268 g/mol. The number of carboxylic acid groups (broad SMARTS) is 1. The molecule has 5 nitrogen and oxygen atoms in total. The van der Waals surface area contributed by atoms with E-state index in [0.29, 0.717) is 10.9 Å². The Bertz CT molecular complexity index is 454. The molecule has 2 amide bonds. The molecule has 0 saturated heterocycles. The van der Waals surface area contributed by atoms with Gasteiger partial charge in [0.2, 0.25) is 0 Å². The molecule has 0 spiro atoms. The molecule has 1 aliphatic rings. The number of aromatic carboxylic acids is 1. The van der Waals surface area contributed by atoms with Gasteiger partial charge >= 0.3 is 12.0 Å². The summed E-state index contributed by atoms with van der Waals surface area (Å²) in [5.41, 5.74) is 0.131. The van der Waals surface area contributed by atoms with E-state index < -0.39 is 5.97 Å².